The number of benzene rings is 1. The van der Waals surface area contributed by atoms with Gasteiger partial charge in [-0.2, -0.15) is 0 Å². The van der Waals surface area contributed by atoms with Gasteiger partial charge in [-0.15, -0.1) is 0 Å². The Morgan fingerprint density at radius 2 is 1.79 bits per heavy atom. The number of hydrogen-bond donors (Lipinski definition) is 0. The fourth-order valence-corrected chi connectivity index (χ4v) is 3.50. The van der Waals surface area contributed by atoms with Gasteiger partial charge in [-0.25, -0.2) is 4.79 Å². The Hall–Kier alpha value is -0.810. The molecular weight excluding hydrogens is 436 g/mol. The van der Waals surface area contributed by atoms with Crippen LogP contribution in [0.15, 0.2) is 33.7 Å². The van der Waals surface area contributed by atoms with Crippen molar-refractivity contribution in [3.05, 3.63) is 39.3 Å². The molecule has 0 saturated heterocycles. The van der Waals surface area contributed by atoms with Crippen molar-refractivity contribution >= 4 is 37.8 Å². The molecule has 0 aliphatic carbocycles. The number of unbranched alkanes of at least 4 members (excludes halogenated alkanes) is 3. The molecule has 0 N–H and O–H groups in total. The molecule has 0 unspecified atom stereocenters. The monoisotopic (exact) mass is 462 g/mol. The summed E-state index contributed by atoms with van der Waals surface area (Å²) < 4.78 is 12.9. The number of esters is 1. The number of carbonyl (C=O) groups is 1. The first-order valence-electron chi connectivity index (χ1n) is 7.86. The van der Waals surface area contributed by atoms with Gasteiger partial charge in [0.2, 0.25) is 0 Å². The molecule has 0 saturated carbocycles. The van der Waals surface area contributed by atoms with E-state index in [-0.39, 0.29) is 13.4 Å². The molecule has 0 aliphatic heterocycles. The number of halogens is 2. The summed E-state index contributed by atoms with van der Waals surface area (Å²) in [5.41, 5.74) is 1.20. The average Bonchev–Trinajstić information content (AvgIpc) is 2.50. The van der Waals surface area contributed by atoms with Crippen molar-refractivity contribution < 1.29 is 14.3 Å². The van der Waals surface area contributed by atoms with Crippen molar-refractivity contribution in [1.29, 1.82) is 0 Å². The smallest absolute Gasteiger partial charge is 0.330 e. The lowest BCUT2D eigenvalue weighted by Crippen LogP contribution is -2.04. The largest absolute Gasteiger partial charge is 0.492 e. The zero-order chi connectivity index (χ0) is 17.2. The predicted molar refractivity (Wildman–Crippen MR) is 108 cm³/mol. The molecule has 0 amide bonds. The van der Waals surface area contributed by atoms with Crippen molar-refractivity contribution in [2.24, 2.45) is 0 Å². The second kappa shape index (κ2) is 12.5. The quantitative estimate of drug-likeness (QED) is 0.221. The Bertz CT molecular complexity index is 528. The van der Waals surface area contributed by atoms with Gasteiger partial charge >= 0.3 is 5.97 Å². The minimum absolute atomic E-state index is 0. The van der Waals surface area contributed by atoms with Crippen LogP contribution < -0.4 is 4.74 Å². The molecule has 1 rings (SSSR count). The molecule has 0 spiro atoms. The maximum atomic E-state index is 10.9. The van der Waals surface area contributed by atoms with E-state index in [2.05, 4.69) is 58.4 Å². The third kappa shape index (κ3) is 8.34. The molecule has 1 aromatic carbocycles. The summed E-state index contributed by atoms with van der Waals surface area (Å²) in [5.74, 6) is 0.982. The number of hydrogen-bond acceptors (Lipinski definition) is 3. The molecule has 0 aromatic heterocycles. The van der Waals surface area contributed by atoms with Crippen LogP contribution >= 0.6 is 31.9 Å². The summed E-state index contributed by atoms with van der Waals surface area (Å²) in [6, 6.07) is 4.12. The third-order valence-corrected chi connectivity index (χ3v) is 4.40. The fraction of sp³-hybridized carbons (Fsp3) is 0.526. The van der Waals surface area contributed by atoms with Crippen LogP contribution in [0.4, 0.5) is 0 Å². The molecule has 0 bridgehead atoms. The maximum absolute atomic E-state index is 10.9. The van der Waals surface area contributed by atoms with Gasteiger partial charge in [-0.1, -0.05) is 43.8 Å². The third-order valence-electron chi connectivity index (χ3n) is 3.36. The van der Waals surface area contributed by atoms with E-state index in [1.165, 1.54) is 11.6 Å². The van der Waals surface area contributed by atoms with Crippen LogP contribution in [-0.4, -0.2) is 19.2 Å². The summed E-state index contributed by atoms with van der Waals surface area (Å²) in [7, 11) is 0. The van der Waals surface area contributed by atoms with Crippen molar-refractivity contribution in [3.8, 4) is 5.75 Å². The van der Waals surface area contributed by atoms with Gasteiger partial charge in [-0.05, 0) is 65.2 Å². The highest BCUT2D eigenvalue weighted by Gasteiger charge is 2.13. The van der Waals surface area contributed by atoms with Gasteiger partial charge in [0.05, 0.1) is 17.7 Å². The van der Waals surface area contributed by atoms with Crippen LogP contribution in [0.5, 0.6) is 5.75 Å². The normalized spacial score (nSPS) is 10.2. The van der Waals surface area contributed by atoms with E-state index < -0.39 is 0 Å². The summed E-state index contributed by atoms with van der Waals surface area (Å²) in [6.45, 7) is 8.83. The van der Waals surface area contributed by atoms with Gasteiger partial charge < -0.3 is 9.47 Å². The summed E-state index contributed by atoms with van der Waals surface area (Å²) >= 11 is 7.10. The van der Waals surface area contributed by atoms with Crippen molar-refractivity contribution in [3.63, 3.8) is 0 Å². The predicted octanol–water partition coefficient (Wildman–Crippen LogP) is 6.64. The number of rotatable bonds is 10. The number of ether oxygens (including phenoxy) is 2. The second-order valence-corrected chi connectivity index (χ2v) is 7.36. The zero-order valence-corrected chi connectivity index (χ0v) is 16.9. The zero-order valence-electron chi connectivity index (χ0n) is 13.7. The Morgan fingerprint density at radius 3 is 2.38 bits per heavy atom. The topological polar surface area (TPSA) is 35.5 Å². The SMILES string of the molecule is C.C=CC(=O)OCCCCCCOc1c(Br)cc(Br)cc1C(C)C. The first-order chi connectivity index (χ1) is 11.0. The van der Waals surface area contributed by atoms with Gasteiger partial charge in [0.15, 0.2) is 0 Å². The molecule has 5 heteroatoms. The van der Waals surface area contributed by atoms with E-state index in [4.69, 9.17) is 9.47 Å². The van der Waals surface area contributed by atoms with E-state index in [0.29, 0.717) is 19.1 Å². The van der Waals surface area contributed by atoms with E-state index in [1.54, 1.807) is 0 Å². The second-order valence-electron chi connectivity index (χ2n) is 5.59. The van der Waals surface area contributed by atoms with E-state index in [0.717, 1.165) is 40.4 Å². The van der Waals surface area contributed by atoms with Crippen LogP contribution in [0.25, 0.3) is 0 Å². The molecule has 0 heterocycles. The van der Waals surface area contributed by atoms with Crippen LogP contribution in [0.2, 0.25) is 0 Å². The Morgan fingerprint density at radius 1 is 1.17 bits per heavy atom. The molecular formula is C19H28Br2O3. The highest BCUT2D eigenvalue weighted by Crippen LogP contribution is 2.37. The fourth-order valence-electron chi connectivity index (χ4n) is 2.12. The van der Waals surface area contributed by atoms with Gasteiger partial charge in [-0.3, -0.25) is 0 Å². The van der Waals surface area contributed by atoms with Crippen molar-refractivity contribution in [2.45, 2.75) is 52.9 Å². The summed E-state index contributed by atoms with van der Waals surface area (Å²) in [5, 5.41) is 0. The van der Waals surface area contributed by atoms with Gasteiger partial charge in [0.1, 0.15) is 5.75 Å². The first-order valence-corrected chi connectivity index (χ1v) is 9.45. The Labute approximate surface area is 163 Å². The molecule has 24 heavy (non-hydrogen) atoms. The number of carbonyl (C=O) groups excluding carboxylic acids is 1. The van der Waals surface area contributed by atoms with Gasteiger partial charge in [0, 0.05) is 10.5 Å². The van der Waals surface area contributed by atoms with E-state index in [1.807, 2.05) is 6.07 Å². The van der Waals surface area contributed by atoms with Crippen LogP contribution in [-0.2, 0) is 9.53 Å². The van der Waals surface area contributed by atoms with Crippen molar-refractivity contribution in [2.75, 3.05) is 13.2 Å². The minimum atomic E-state index is -0.352. The lowest BCUT2D eigenvalue weighted by Gasteiger charge is -2.16. The highest BCUT2D eigenvalue weighted by atomic mass is 79.9. The van der Waals surface area contributed by atoms with Crippen LogP contribution in [0, 0.1) is 0 Å². The Kier molecular flexibility index (Phi) is 12.1. The molecule has 3 nitrogen and oxygen atoms in total. The lowest BCUT2D eigenvalue weighted by molar-refractivity contribution is -0.137. The first kappa shape index (κ1) is 23.2. The molecule has 1 aromatic rings. The van der Waals surface area contributed by atoms with Gasteiger partial charge in [0.25, 0.3) is 0 Å². The maximum Gasteiger partial charge on any atom is 0.330 e. The highest BCUT2D eigenvalue weighted by molar-refractivity contribution is 9.11. The van der Waals surface area contributed by atoms with Crippen LogP contribution in [0.1, 0.15) is 58.4 Å². The lowest BCUT2D eigenvalue weighted by atomic mass is 10.0. The van der Waals surface area contributed by atoms with Crippen molar-refractivity contribution in [1.82, 2.24) is 0 Å². The standard InChI is InChI=1S/C18H24Br2O3.CH4/c1-4-17(21)22-9-7-5-6-8-10-23-18-15(13(2)3)11-14(19)12-16(18)20;/h4,11-13H,1,5-10H2,2-3H3;1H4. The molecule has 0 aliphatic rings. The molecule has 0 atom stereocenters. The summed E-state index contributed by atoms with van der Waals surface area (Å²) in [6.07, 6.45) is 5.12. The van der Waals surface area contributed by atoms with Crippen LogP contribution in [0.3, 0.4) is 0 Å². The molecule has 0 radical (unpaired) electrons. The Balaban J connectivity index is 0.00000529. The van der Waals surface area contributed by atoms with E-state index in [9.17, 15) is 4.79 Å². The van der Waals surface area contributed by atoms with E-state index >= 15 is 0 Å². The average molecular weight is 464 g/mol. The minimum Gasteiger partial charge on any atom is -0.492 e. The molecule has 136 valence electrons. The molecule has 0 fully saturated rings. The summed E-state index contributed by atoms with van der Waals surface area (Å²) in [4.78, 5) is 10.9.